The monoisotopic (exact) mass is 420 g/mol. The van der Waals surface area contributed by atoms with Gasteiger partial charge in [-0.05, 0) is 39.8 Å². The highest BCUT2D eigenvalue weighted by Gasteiger charge is 2.28. The van der Waals surface area contributed by atoms with Crippen LogP contribution in [0.5, 0.6) is 0 Å². The maximum Gasteiger partial charge on any atom is 0.408 e. The molecule has 0 spiro atoms. The van der Waals surface area contributed by atoms with E-state index in [0.717, 1.165) is 0 Å². The fourth-order valence-corrected chi connectivity index (χ4v) is 2.76. The molecule has 0 saturated heterocycles. The molecular formula is C18H26Cl2N2O5. The van der Waals surface area contributed by atoms with Crippen molar-refractivity contribution >= 4 is 35.2 Å². The number of aliphatic hydroxyl groups is 1. The molecule has 1 aromatic rings. The molecule has 7 nitrogen and oxygen atoms in total. The largest absolute Gasteiger partial charge is 0.444 e. The van der Waals surface area contributed by atoms with E-state index in [1.807, 2.05) is 0 Å². The minimum atomic E-state index is -1.18. The summed E-state index contributed by atoms with van der Waals surface area (Å²) in [4.78, 5) is 24.3. The van der Waals surface area contributed by atoms with Crippen molar-refractivity contribution in [2.45, 2.75) is 51.5 Å². The Morgan fingerprint density at radius 2 is 1.89 bits per heavy atom. The molecule has 0 saturated carbocycles. The first-order valence-corrected chi connectivity index (χ1v) is 9.13. The van der Waals surface area contributed by atoms with Crippen molar-refractivity contribution in [1.82, 2.24) is 10.6 Å². The van der Waals surface area contributed by atoms with E-state index in [1.165, 1.54) is 14.0 Å². The van der Waals surface area contributed by atoms with Gasteiger partial charge >= 0.3 is 6.09 Å². The second kappa shape index (κ2) is 10.1. The van der Waals surface area contributed by atoms with Crippen LogP contribution in [0.4, 0.5) is 4.79 Å². The van der Waals surface area contributed by atoms with Gasteiger partial charge in [-0.25, -0.2) is 4.79 Å². The number of hydrogen-bond donors (Lipinski definition) is 3. The van der Waals surface area contributed by atoms with Crippen LogP contribution >= 0.6 is 23.2 Å². The Kier molecular flexibility index (Phi) is 8.81. The SMILES string of the molecule is COC(CNC(=O)C(NC(=O)OC(C)(C)C)C(C)O)c1ccc(Cl)cc1Cl. The minimum absolute atomic E-state index is 0.0793. The standard InChI is InChI=1S/C18H26Cl2N2O5/c1-10(23)15(22-17(25)27-18(2,3)4)16(24)21-9-14(26-5)12-7-6-11(19)8-13(12)20/h6-8,10,14-15,23H,9H2,1-5H3,(H,21,24)(H,22,25). The van der Waals surface area contributed by atoms with Gasteiger partial charge in [0.25, 0.3) is 0 Å². The minimum Gasteiger partial charge on any atom is -0.444 e. The fraction of sp³-hybridized carbons (Fsp3) is 0.556. The lowest BCUT2D eigenvalue weighted by Gasteiger charge is -2.25. The highest BCUT2D eigenvalue weighted by molar-refractivity contribution is 6.35. The number of nitrogens with one attached hydrogen (secondary N) is 2. The lowest BCUT2D eigenvalue weighted by molar-refractivity contribution is -0.126. The van der Waals surface area contributed by atoms with Gasteiger partial charge in [0.15, 0.2) is 0 Å². The van der Waals surface area contributed by atoms with E-state index in [9.17, 15) is 14.7 Å². The number of rotatable bonds is 7. The van der Waals surface area contributed by atoms with E-state index in [4.69, 9.17) is 32.7 Å². The smallest absolute Gasteiger partial charge is 0.408 e. The molecule has 0 radical (unpaired) electrons. The second-order valence-corrected chi connectivity index (χ2v) is 7.84. The van der Waals surface area contributed by atoms with Crippen LogP contribution in [-0.4, -0.2) is 48.5 Å². The fourth-order valence-electron chi connectivity index (χ4n) is 2.23. The van der Waals surface area contributed by atoms with Gasteiger partial charge < -0.3 is 25.2 Å². The van der Waals surface area contributed by atoms with Crippen LogP contribution in [0.1, 0.15) is 39.4 Å². The van der Waals surface area contributed by atoms with E-state index < -0.39 is 35.9 Å². The number of halogens is 2. The summed E-state index contributed by atoms with van der Waals surface area (Å²) in [6.07, 6.45) is -2.46. The Balaban J connectivity index is 2.76. The zero-order valence-electron chi connectivity index (χ0n) is 16.0. The first-order valence-electron chi connectivity index (χ1n) is 8.37. The van der Waals surface area contributed by atoms with Gasteiger partial charge in [-0.15, -0.1) is 0 Å². The molecule has 0 aliphatic carbocycles. The number of aliphatic hydroxyl groups excluding tert-OH is 1. The van der Waals surface area contributed by atoms with Gasteiger partial charge in [-0.3, -0.25) is 4.79 Å². The molecule has 3 unspecified atom stereocenters. The molecule has 0 bridgehead atoms. The Morgan fingerprint density at radius 1 is 1.26 bits per heavy atom. The van der Waals surface area contributed by atoms with Gasteiger partial charge in [-0.2, -0.15) is 0 Å². The number of amides is 2. The lowest BCUT2D eigenvalue weighted by atomic mass is 10.1. The third kappa shape index (κ3) is 7.92. The van der Waals surface area contributed by atoms with Crippen LogP contribution in [0, 0.1) is 0 Å². The van der Waals surface area contributed by atoms with E-state index in [-0.39, 0.29) is 6.54 Å². The van der Waals surface area contributed by atoms with Gasteiger partial charge in [0.2, 0.25) is 5.91 Å². The number of methoxy groups -OCH3 is 1. The normalized spacial score (nSPS) is 14.8. The zero-order chi connectivity index (χ0) is 20.8. The average molecular weight is 421 g/mol. The van der Waals surface area contributed by atoms with E-state index in [2.05, 4.69) is 10.6 Å². The second-order valence-electron chi connectivity index (χ2n) is 7.00. The summed E-state index contributed by atoms with van der Waals surface area (Å²) in [5.41, 5.74) is -0.0754. The Labute approximate surface area is 169 Å². The molecule has 1 rings (SSSR count). The molecule has 152 valence electrons. The van der Waals surface area contributed by atoms with Crippen LogP contribution in [0.2, 0.25) is 10.0 Å². The van der Waals surface area contributed by atoms with E-state index in [1.54, 1.807) is 39.0 Å². The van der Waals surface area contributed by atoms with Crippen molar-refractivity contribution in [3.05, 3.63) is 33.8 Å². The van der Waals surface area contributed by atoms with Gasteiger partial charge in [0, 0.05) is 29.3 Å². The third-order valence-corrected chi connectivity index (χ3v) is 4.06. The van der Waals surface area contributed by atoms with Crippen LogP contribution < -0.4 is 10.6 Å². The molecule has 0 heterocycles. The molecule has 3 atom stereocenters. The van der Waals surface area contributed by atoms with Crippen LogP contribution in [0.15, 0.2) is 18.2 Å². The molecule has 3 N–H and O–H groups in total. The molecule has 27 heavy (non-hydrogen) atoms. The lowest BCUT2D eigenvalue weighted by Crippen LogP contribution is -2.53. The summed E-state index contributed by atoms with van der Waals surface area (Å²) < 4.78 is 10.5. The van der Waals surface area contributed by atoms with E-state index >= 15 is 0 Å². The van der Waals surface area contributed by atoms with Crippen LogP contribution in [0.3, 0.4) is 0 Å². The number of carbonyl (C=O) groups excluding carboxylic acids is 2. The van der Waals surface area contributed by atoms with Crippen molar-refractivity contribution in [3.63, 3.8) is 0 Å². The van der Waals surface area contributed by atoms with Crippen LogP contribution in [-0.2, 0) is 14.3 Å². The molecule has 9 heteroatoms. The first kappa shape index (κ1) is 23.5. The highest BCUT2D eigenvalue weighted by atomic mass is 35.5. The number of benzene rings is 1. The maximum absolute atomic E-state index is 12.4. The van der Waals surface area contributed by atoms with Gasteiger partial charge in [0.1, 0.15) is 17.7 Å². The number of alkyl carbamates (subject to hydrolysis) is 1. The van der Waals surface area contributed by atoms with Crippen molar-refractivity contribution in [2.24, 2.45) is 0 Å². The molecule has 0 aromatic heterocycles. The van der Waals surface area contributed by atoms with Gasteiger partial charge in [0.05, 0.1) is 6.10 Å². The molecular weight excluding hydrogens is 395 g/mol. The summed E-state index contributed by atoms with van der Waals surface area (Å²) in [5.74, 6) is -0.581. The Hall–Kier alpha value is -1.54. The average Bonchev–Trinajstić information content (AvgIpc) is 2.52. The Morgan fingerprint density at radius 3 is 2.37 bits per heavy atom. The number of carbonyl (C=O) groups is 2. The molecule has 0 aliphatic rings. The van der Waals surface area contributed by atoms with Crippen LogP contribution in [0.25, 0.3) is 0 Å². The summed E-state index contributed by atoms with van der Waals surface area (Å²) in [7, 11) is 1.48. The Bertz CT molecular complexity index is 662. The van der Waals surface area contributed by atoms with Gasteiger partial charge in [-0.1, -0.05) is 29.3 Å². The molecule has 1 aromatic carbocycles. The maximum atomic E-state index is 12.4. The summed E-state index contributed by atoms with van der Waals surface area (Å²) in [5, 5.41) is 15.7. The van der Waals surface area contributed by atoms with Crippen molar-refractivity contribution in [2.75, 3.05) is 13.7 Å². The summed E-state index contributed by atoms with van der Waals surface area (Å²) >= 11 is 12.1. The topological polar surface area (TPSA) is 96.9 Å². The molecule has 2 amide bonds. The summed E-state index contributed by atoms with van der Waals surface area (Å²) in [6.45, 7) is 6.57. The number of ether oxygens (including phenoxy) is 2. The molecule has 0 aliphatic heterocycles. The third-order valence-electron chi connectivity index (χ3n) is 3.49. The predicted molar refractivity (Wildman–Crippen MR) is 104 cm³/mol. The predicted octanol–water partition coefficient (Wildman–Crippen LogP) is 3.07. The number of hydrogen-bond acceptors (Lipinski definition) is 5. The van der Waals surface area contributed by atoms with Crippen molar-refractivity contribution in [3.8, 4) is 0 Å². The van der Waals surface area contributed by atoms with Crippen molar-refractivity contribution in [1.29, 1.82) is 0 Å². The van der Waals surface area contributed by atoms with E-state index in [0.29, 0.717) is 15.6 Å². The highest BCUT2D eigenvalue weighted by Crippen LogP contribution is 2.27. The first-order chi connectivity index (χ1) is 12.4. The molecule has 0 fully saturated rings. The zero-order valence-corrected chi connectivity index (χ0v) is 17.5. The summed E-state index contributed by atoms with van der Waals surface area (Å²) in [6, 6.07) is 3.77. The quantitative estimate of drug-likeness (QED) is 0.629. The van der Waals surface area contributed by atoms with Crippen molar-refractivity contribution < 1.29 is 24.2 Å².